The lowest BCUT2D eigenvalue weighted by Crippen LogP contribution is -2.22. The highest BCUT2D eigenvalue weighted by Crippen LogP contribution is 2.29. The molecule has 0 saturated heterocycles. The van der Waals surface area contributed by atoms with Crippen molar-refractivity contribution in [3.63, 3.8) is 0 Å². The Morgan fingerprint density at radius 2 is 1.71 bits per heavy atom. The average molecular weight is 484 g/mol. The van der Waals surface area contributed by atoms with Crippen LogP contribution in [0.4, 0.5) is 5.69 Å². The largest absolute Gasteiger partial charge is 0.448 e. The molecule has 0 fully saturated rings. The van der Waals surface area contributed by atoms with Crippen LogP contribution >= 0.6 is 11.8 Å². The summed E-state index contributed by atoms with van der Waals surface area (Å²) in [5, 5.41) is 4.16. The number of nitrogens with one attached hydrogen (secondary N) is 1. The van der Waals surface area contributed by atoms with E-state index in [0.29, 0.717) is 21.9 Å². The van der Waals surface area contributed by atoms with Crippen LogP contribution in [-0.4, -0.2) is 21.2 Å². The van der Waals surface area contributed by atoms with Crippen LogP contribution in [0, 0.1) is 27.7 Å². The molecule has 2 heterocycles. The number of benzene rings is 3. The summed E-state index contributed by atoms with van der Waals surface area (Å²) in [5.41, 5.74) is 6.79. The molecule has 1 N–H and O–H groups in total. The first-order chi connectivity index (χ1) is 16.8. The molecule has 0 bridgehead atoms. The number of furan rings is 1. The highest BCUT2D eigenvalue weighted by molar-refractivity contribution is 7.99. The highest BCUT2D eigenvalue weighted by atomic mass is 32.2. The lowest BCUT2D eigenvalue weighted by molar-refractivity contribution is -0.113. The van der Waals surface area contributed by atoms with E-state index in [4.69, 9.17) is 9.40 Å². The van der Waals surface area contributed by atoms with Crippen molar-refractivity contribution in [3.8, 4) is 5.69 Å². The van der Waals surface area contributed by atoms with Crippen LogP contribution in [0.15, 0.2) is 75.0 Å². The third-order valence-corrected chi connectivity index (χ3v) is 6.89. The minimum Gasteiger partial charge on any atom is -0.448 e. The molecule has 0 aliphatic rings. The minimum absolute atomic E-state index is 0.103. The fourth-order valence-corrected chi connectivity index (χ4v) is 4.99. The second-order valence-corrected chi connectivity index (χ2v) is 9.74. The van der Waals surface area contributed by atoms with Crippen molar-refractivity contribution in [2.24, 2.45) is 0 Å². The molecule has 0 aliphatic carbocycles. The van der Waals surface area contributed by atoms with Crippen LogP contribution in [0.3, 0.4) is 0 Å². The summed E-state index contributed by atoms with van der Waals surface area (Å²) in [6.45, 7) is 8.01. The normalized spacial score (nSPS) is 11.3. The van der Waals surface area contributed by atoms with E-state index in [2.05, 4.69) is 11.4 Å². The van der Waals surface area contributed by atoms with Gasteiger partial charge in [0.1, 0.15) is 11.1 Å². The van der Waals surface area contributed by atoms with Crippen LogP contribution in [0.5, 0.6) is 0 Å². The molecule has 3 aromatic carbocycles. The first kappa shape index (κ1) is 22.9. The number of carbonyl (C=O) groups is 1. The topological polar surface area (TPSA) is 77.1 Å². The summed E-state index contributed by atoms with van der Waals surface area (Å²) in [7, 11) is 0. The zero-order valence-corrected chi connectivity index (χ0v) is 20.8. The van der Waals surface area contributed by atoms with Crippen LogP contribution in [-0.2, 0) is 4.79 Å². The van der Waals surface area contributed by atoms with Crippen LogP contribution < -0.4 is 10.9 Å². The number of hydrogen-bond donors (Lipinski definition) is 1. The van der Waals surface area contributed by atoms with Crippen molar-refractivity contribution < 1.29 is 9.21 Å². The number of para-hydroxylation sites is 1. The molecule has 6 nitrogen and oxygen atoms in total. The minimum atomic E-state index is -0.299. The van der Waals surface area contributed by atoms with E-state index in [1.54, 1.807) is 0 Å². The van der Waals surface area contributed by atoms with E-state index in [9.17, 15) is 9.59 Å². The number of fused-ring (bicyclic) bond motifs is 3. The zero-order chi connectivity index (χ0) is 24.7. The standard InChI is InChI=1S/C28H25N3O3S/c1-16-11-17(2)13-20(12-16)29-24(32)15-35-28-30-25-22-7-5-6-8-23(22)34-26(25)27(33)31(28)21-10-9-18(3)19(4)14-21/h5-14H,15H2,1-4H3,(H,29,32). The molecule has 35 heavy (non-hydrogen) atoms. The van der Waals surface area contributed by atoms with E-state index in [1.807, 2.05) is 82.3 Å². The fraction of sp³-hybridized carbons (Fsp3) is 0.179. The van der Waals surface area contributed by atoms with Gasteiger partial charge in [-0.25, -0.2) is 4.98 Å². The molecule has 0 unspecified atom stereocenters. The number of rotatable bonds is 5. The van der Waals surface area contributed by atoms with Gasteiger partial charge >= 0.3 is 5.56 Å². The van der Waals surface area contributed by atoms with E-state index in [-0.39, 0.29) is 22.8 Å². The van der Waals surface area contributed by atoms with Crippen molar-refractivity contribution in [1.29, 1.82) is 0 Å². The highest BCUT2D eigenvalue weighted by Gasteiger charge is 2.20. The van der Waals surface area contributed by atoms with Gasteiger partial charge in [0.2, 0.25) is 11.5 Å². The summed E-state index contributed by atoms with van der Waals surface area (Å²) < 4.78 is 7.43. The number of anilines is 1. The Labute approximate surface area is 207 Å². The van der Waals surface area contributed by atoms with Gasteiger partial charge in [0, 0.05) is 11.1 Å². The zero-order valence-electron chi connectivity index (χ0n) is 20.0. The lowest BCUT2D eigenvalue weighted by atomic mass is 10.1. The number of thioether (sulfide) groups is 1. The van der Waals surface area contributed by atoms with Crippen molar-refractivity contribution in [1.82, 2.24) is 9.55 Å². The Morgan fingerprint density at radius 1 is 0.971 bits per heavy atom. The van der Waals surface area contributed by atoms with Crippen LogP contribution in [0.25, 0.3) is 27.8 Å². The predicted molar refractivity (Wildman–Crippen MR) is 142 cm³/mol. The molecular formula is C28H25N3O3S. The summed E-state index contributed by atoms with van der Waals surface area (Å²) >= 11 is 1.23. The third kappa shape index (κ3) is 4.47. The van der Waals surface area contributed by atoms with Crippen molar-refractivity contribution in [3.05, 3.63) is 93.3 Å². The number of aromatic nitrogens is 2. The Kier molecular flexibility index (Phi) is 5.94. The Morgan fingerprint density at radius 3 is 2.46 bits per heavy atom. The van der Waals surface area contributed by atoms with E-state index in [0.717, 1.165) is 33.3 Å². The SMILES string of the molecule is Cc1cc(C)cc(NC(=O)CSc2nc3c(oc4ccccc43)c(=O)n2-c2ccc(C)c(C)c2)c1. The molecule has 2 aromatic heterocycles. The molecule has 176 valence electrons. The molecule has 1 amide bonds. The van der Waals surface area contributed by atoms with Crippen molar-refractivity contribution in [2.45, 2.75) is 32.9 Å². The first-order valence-corrected chi connectivity index (χ1v) is 12.3. The Hall–Kier alpha value is -3.84. The summed E-state index contributed by atoms with van der Waals surface area (Å²) in [5.74, 6) is -0.0657. The molecule has 0 aliphatic heterocycles. The predicted octanol–water partition coefficient (Wildman–Crippen LogP) is 6.10. The maximum atomic E-state index is 13.6. The maximum Gasteiger partial charge on any atom is 0.302 e. The van der Waals surface area contributed by atoms with Gasteiger partial charge in [0.05, 0.1) is 11.4 Å². The van der Waals surface area contributed by atoms with E-state index >= 15 is 0 Å². The second-order valence-electron chi connectivity index (χ2n) is 8.79. The molecule has 0 saturated carbocycles. The van der Waals surface area contributed by atoms with Crippen LogP contribution in [0.1, 0.15) is 22.3 Å². The van der Waals surface area contributed by atoms with Gasteiger partial charge in [-0.2, -0.15) is 0 Å². The quantitative estimate of drug-likeness (QED) is 0.242. The molecule has 0 radical (unpaired) electrons. The summed E-state index contributed by atoms with van der Waals surface area (Å²) in [6, 6.07) is 19.2. The number of aryl methyl sites for hydroxylation is 4. The summed E-state index contributed by atoms with van der Waals surface area (Å²) in [4.78, 5) is 31.3. The molecule has 5 aromatic rings. The molecule has 5 rings (SSSR count). The monoisotopic (exact) mass is 483 g/mol. The first-order valence-electron chi connectivity index (χ1n) is 11.3. The summed E-state index contributed by atoms with van der Waals surface area (Å²) in [6.07, 6.45) is 0. The van der Waals surface area contributed by atoms with Crippen molar-refractivity contribution in [2.75, 3.05) is 11.1 Å². The van der Waals surface area contributed by atoms with Gasteiger partial charge in [0.25, 0.3) is 0 Å². The molecule has 0 atom stereocenters. The van der Waals surface area contributed by atoms with Gasteiger partial charge in [0.15, 0.2) is 5.16 Å². The third-order valence-electron chi connectivity index (χ3n) is 5.95. The molecular weight excluding hydrogens is 458 g/mol. The Balaban J connectivity index is 1.56. The number of nitrogens with zero attached hydrogens (tertiary/aromatic N) is 2. The van der Waals surface area contributed by atoms with Crippen LogP contribution in [0.2, 0.25) is 0 Å². The van der Waals surface area contributed by atoms with Gasteiger partial charge in [-0.15, -0.1) is 0 Å². The number of amides is 1. The smallest absolute Gasteiger partial charge is 0.302 e. The van der Waals surface area contributed by atoms with Gasteiger partial charge in [-0.1, -0.05) is 36.0 Å². The molecule has 0 spiro atoms. The van der Waals surface area contributed by atoms with E-state index in [1.165, 1.54) is 16.3 Å². The average Bonchev–Trinajstić information content (AvgIpc) is 3.18. The van der Waals surface area contributed by atoms with Gasteiger partial charge in [-0.3, -0.25) is 14.2 Å². The fourth-order valence-electron chi connectivity index (χ4n) is 4.19. The lowest BCUT2D eigenvalue weighted by Gasteiger charge is -2.13. The maximum absolute atomic E-state index is 13.6. The van der Waals surface area contributed by atoms with Gasteiger partial charge in [-0.05, 0) is 86.3 Å². The van der Waals surface area contributed by atoms with Crippen molar-refractivity contribution >= 4 is 45.4 Å². The van der Waals surface area contributed by atoms with Gasteiger partial charge < -0.3 is 9.73 Å². The number of carbonyl (C=O) groups excluding carboxylic acids is 1. The Bertz CT molecular complexity index is 1650. The molecule has 7 heteroatoms. The second kappa shape index (κ2) is 9.07. The number of hydrogen-bond acceptors (Lipinski definition) is 5. The van der Waals surface area contributed by atoms with E-state index < -0.39 is 0 Å².